The maximum Gasteiger partial charge on any atom is -0.0100 e. The average molecular weight is 863 g/mol. The first kappa shape index (κ1) is 50.3. The molecule has 0 saturated carbocycles. The molecule has 64 heavy (non-hydrogen) atoms. The summed E-state index contributed by atoms with van der Waals surface area (Å²) in [5, 5.41) is 0. The molecule has 4 aromatic carbocycles. The van der Waals surface area contributed by atoms with Crippen LogP contribution in [0.1, 0.15) is 266 Å². The van der Waals surface area contributed by atoms with Gasteiger partial charge in [0.15, 0.2) is 0 Å². The van der Waals surface area contributed by atoms with E-state index in [1.165, 1.54) is 123 Å². The van der Waals surface area contributed by atoms with E-state index in [0.717, 1.165) is 24.7 Å². The number of fused-ring (bicyclic) bond motifs is 2. The van der Waals surface area contributed by atoms with Crippen molar-refractivity contribution in [1.82, 2.24) is 0 Å². The molecule has 0 saturated heterocycles. The van der Waals surface area contributed by atoms with Crippen LogP contribution in [0.25, 0.3) is 0 Å². The molecule has 4 aromatic rings. The zero-order chi connectivity index (χ0) is 46.5. The van der Waals surface area contributed by atoms with E-state index in [4.69, 9.17) is 0 Å². The van der Waals surface area contributed by atoms with Crippen molar-refractivity contribution in [2.75, 3.05) is 0 Å². The van der Waals surface area contributed by atoms with Crippen LogP contribution in [0.4, 0.5) is 0 Å². The normalized spacial score (nSPS) is 20.0. The fourth-order valence-electron chi connectivity index (χ4n) is 12.1. The molecule has 0 fully saturated rings. The second kappa shape index (κ2) is 21.2. The van der Waals surface area contributed by atoms with E-state index < -0.39 is 0 Å². The van der Waals surface area contributed by atoms with Crippen molar-refractivity contribution in [2.45, 2.75) is 245 Å². The van der Waals surface area contributed by atoms with E-state index in [1.54, 1.807) is 22.3 Å². The molecule has 6 atom stereocenters. The minimum absolute atomic E-state index is 0.259. The van der Waals surface area contributed by atoms with Gasteiger partial charge in [-0.1, -0.05) is 233 Å². The largest absolute Gasteiger partial charge is 0.0654 e. The molecule has 0 aliphatic heterocycles. The van der Waals surface area contributed by atoms with Gasteiger partial charge in [-0.2, -0.15) is 0 Å². The van der Waals surface area contributed by atoms with Crippen LogP contribution in [-0.4, -0.2) is 0 Å². The predicted molar refractivity (Wildman–Crippen MR) is 282 cm³/mol. The van der Waals surface area contributed by atoms with E-state index in [1.807, 2.05) is 0 Å². The van der Waals surface area contributed by atoms with Crippen LogP contribution < -0.4 is 0 Å². The maximum absolute atomic E-state index is 2.57. The third kappa shape index (κ3) is 12.4. The number of hydrogen-bond acceptors (Lipinski definition) is 0. The molecule has 2 aliphatic rings. The first-order valence-electron chi connectivity index (χ1n) is 26.7. The Morgan fingerprint density at radius 2 is 0.781 bits per heavy atom. The van der Waals surface area contributed by atoms with Crippen molar-refractivity contribution in [1.29, 1.82) is 0 Å². The lowest BCUT2D eigenvalue weighted by molar-refractivity contribution is 0.270. The van der Waals surface area contributed by atoms with Crippen LogP contribution >= 0.6 is 0 Å². The van der Waals surface area contributed by atoms with E-state index in [9.17, 15) is 0 Å². The zero-order valence-corrected chi connectivity index (χ0v) is 43.9. The number of rotatable bonds is 21. The van der Waals surface area contributed by atoms with Crippen molar-refractivity contribution < 1.29 is 0 Å². The highest BCUT2D eigenvalue weighted by Gasteiger charge is 2.38. The fraction of sp³-hybridized carbons (Fsp3) is 0.625. The van der Waals surface area contributed by atoms with E-state index in [-0.39, 0.29) is 21.7 Å². The van der Waals surface area contributed by atoms with Crippen LogP contribution in [0.5, 0.6) is 0 Å². The standard InChI is InChI=1S/C64H94/c1-15-16-18-21-46(3)54(42-49(6)53-30-26-51(27-31-53)41-48(5)56-33-35-58-60(44-56)64(13,14)39-37-62(58,9)10)23-20-17-19-22-45(2)52-28-24-50(25-29-52)40-47(4)55-32-34-57-59(43-55)63(11,12)38-36-61(57,7)8/h24-35,43-49,54H,15-23,36-42H2,1-14H3. The Morgan fingerprint density at radius 1 is 0.391 bits per heavy atom. The van der Waals surface area contributed by atoms with E-state index in [2.05, 4.69) is 182 Å². The van der Waals surface area contributed by atoms with Crippen molar-refractivity contribution in [3.8, 4) is 0 Å². The summed E-state index contributed by atoms with van der Waals surface area (Å²) in [6.45, 7) is 34.2. The van der Waals surface area contributed by atoms with Gasteiger partial charge in [0.1, 0.15) is 0 Å². The summed E-state index contributed by atoms with van der Waals surface area (Å²) in [6.07, 6.45) is 20.8. The minimum Gasteiger partial charge on any atom is -0.0654 e. The summed E-state index contributed by atoms with van der Waals surface area (Å²) in [5.74, 6) is 3.84. The quantitative estimate of drug-likeness (QED) is 0.0732. The molecule has 2 aliphatic carbocycles. The Hall–Kier alpha value is -3.12. The summed E-state index contributed by atoms with van der Waals surface area (Å²) in [7, 11) is 0. The summed E-state index contributed by atoms with van der Waals surface area (Å²) < 4.78 is 0. The highest BCUT2D eigenvalue weighted by Crippen LogP contribution is 2.48. The molecular formula is C64H94. The molecule has 0 radical (unpaired) electrons. The van der Waals surface area contributed by atoms with Crippen LogP contribution in [0.3, 0.4) is 0 Å². The molecule has 0 N–H and O–H groups in total. The molecular weight excluding hydrogens is 769 g/mol. The van der Waals surface area contributed by atoms with Crippen LogP contribution in [0.2, 0.25) is 0 Å². The van der Waals surface area contributed by atoms with Crippen LogP contribution in [0.15, 0.2) is 84.9 Å². The molecule has 350 valence electrons. The predicted octanol–water partition coefficient (Wildman–Crippen LogP) is 19.2. The highest BCUT2D eigenvalue weighted by molar-refractivity contribution is 5.46. The van der Waals surface area contributed by atoms with Crippen LogP contribution in [0, 0.1) is 11.8 Å². The fourth-order valence-corrected chi connectivity index (χ4v) is 12.1. The van der Waals surface area contributed by atoms with Gasteiger partial charge in [0.2, 0.25) is 0 Å². The Morgan fingerprint density at radius 3 is 1.23 bits per heavy atom. The average Bonchev–Trinajstić information content (AvgIpc) is 3.26. The third-order valence-electron chi connectivity index (χ3n) is 17.5. The lowest BCUT2D eigenvalue weighted by atomic mass is 9.62. The van der Waals surface area contributed by atoms with Gasteiger partial charge in [-0.05, 0) is 164 Å². The number of hydrogen-bond donors (Lipinski definition) is 0. The second-order valence-corrected chi connectivity index (χ2v) is 24.7. The lowest BCUT2D eigenvalue weighted by Crippen LogP contribution is -2.34. The second-order valence-electron chi connectivity index (χ2n) is 24.7. The Labute approximate surface area is 395 Å². The molecule has 6 rings (SSSR count). The van der Waals surface area contributed by atoms with Crippen molar-refractivity contribution in [3.63, 3.8) is 0 Å². The Kier molecular flexibility index (Phi) is 16.7. The number of benzene rings is 4. The zero-order valence-electron chi connectivity index (χ0n) is 43.9. The van der Waals surface area contributed by atoms with Gasteiger partial charge in [-0.15, -0.1) is 0 Å². The summed E-state index contributed by atoms with van der Waals surface area (Å²) in [5.41, 5.74) is 16.4. The molecule has 0 heterocycles. The summed E-state index contributed by atoms with van der Waals surface area (Å²) in [4.78, 5) is 0. The Balaban J connectivity index is 0.976. The molecule has 0 spiro atoms. The highest BCUT2D eigenvalue weighted by atomic mass is 14.4. The molecule has 0 heteroatoms. The first-order valence-corrected chi connectivity index (χ1v) is 26.7. The number of unbranched alkanes of at least 4 members (excludes halogenated alkanes) is 4. The molecule has 0 nitrogen and oxygen atoms in total. The topological polar surface area (TPSA) is 0 Å². The minimum atomic E-state index is 0.259. The van der Waals surface area contributed by atoms with Crippen molar-refractivity contribution in [2.24, 2.45) is 11.8 Å². The third-order valence-corrected chi connectivity index (χ3v) is 17.5. The van der Waals surface area contributed by atoms with Crippen molar-refractivity contribution in [3.05, 3.63) is 141 Å². The molecule has 0 bridgehead atoms. The first-order chi connectivity index (χ1) is 30.2. The molecule has 0 aromatic heterocycles. The molecule has 6 unspecified atom stereocenters. The SMILES string of the molecule is CCCCCC(C)C(CCCCCC(C)c1ccc(CC(C)c2ccc3c(c2)C(C)(C)CCC3(C)C)cc1)CC(C)c1ccc(CC(C)c2ccc3c(c2)C(C)(C)CCC3(C)C)cc1. The van der Waals surface area contributed by atoms with Gasteiger partial charge in [-0.3, -0.25) is 0 Å². The smallest absolute Gasteiger partial charge is 0.0100 e. The monoisotopic (exact) mass is 863 g/mol. The van der Waals surface area contributed by atoms with E-state index in [0.29, 0.717) is 23.7 Å². The summed E-state index contributed by atoms with van der Waals surface area (Å²) >= 11 is 0. The van der Waals surface area contributed by atoms with E-state index >= 15 is 0 Å². The maximum atomic E-state index is 2.57. The Bertz CT molecular complexity index is 2070. The summed E-state index contributed by atoms with van der Waals surface area (Å²) in [6, 6.07) is 34.4. The van der Waals surface area contributed by atoms with Gasteiger partial charge >= 0.3 is 0 Å². The van der Waals surface area contributed by atoms with Gasteiger partial charge in [0.05, 0.1) is 0 Å². The lowest BCUT2D eigenvalue weighted by Gasteiger charge is -2.42. The van der Waals surface area contributed by atoms with Gasteiger partial charge in [0, 0.05) is 0 Å². The van der Waals surface area contributed by atoms with Crippen LogP contribution in [-0.2, 0) is 34.5 Å². The van der Waals surface area contributed by atoms with Gasteiger partial charge in [0.25, 0.3) is 0 Å². The van der Waals surface area contributed by atoms with Gasteiger partial charge in [-0.25, -0.2) is 0 Å². The van der Waals surface area contributed by atoms with Gasteiger partial charge < -0.3 is 0 Å². The van der Waals surface area contributed by atoms with Crippen molar-refractivity contribution >= 4 is 0 Å². The molecule has 0 amide bonds.